The van der Waals surface area contributed by atoms with E-state index in [9.17, 15) is 9.90 Å². The molecule has 0 radical (unpaired) electrons. The van der Waals surface area contributed by atoms with E-state index in [1.807, 2.05) is 72.6 Å². The number of aryl methyl sites for hydroxylation is 1. The number of benzene rings is 2. The molecular weight excluding hydrogens is 416 g/mol. The predicted octanol–water partition coefficient (Wildman–Crippen LogP) is 3.64. The normalized spacial score (nSPS) is 15.2. The van der Waals surface area contributed by atoms with Crippen molar-refractivity contribution in [3.05, 3.63) is 66.4 Å². The minimum atomic E-state index is -0.0519. The molecule has 4 aromatic rings. The Bertz CT molecular complexity index is 1240. The average Bonchev–Trinajstić information content (AvgIpc) is 3.36. The molecule has 7 heteroatoms. The van der Waals surface area contributed by atoms with E-state index in [0.29, 0.717) is 25.3 Å². The molecule has 33 heavy (non-hydrogen) atoms. The smallest absolute Gasteiger partial charge is 0.274 e. The van der Waals surface area contributed by atoms with E-state index in [1.165, 1.54) is 0 Å². The summed E-state index contributed by atoms with van der Waals surface area (Å²) < 4.78 is 7.89. The number of aliphatic hydroxyl groups excluding tert-OH is 1. The maximum absolute atomic E-state index is 13.2. The third-order valence-corrected chi connectivity index (χ3v) is 6.28. The zero-order chi connectivity index (χ0) is 22.8. The molecular formula is C26H28N4O3. The van der Waals surface area contributed by atoms with Gasteiger partial charge in [-0.15, -0.1) is 0 Å². The number of nitrogens with zero attached hydrogens (tertiary/aromatic N) is 4. The standard InChI is InChI=1S/C26H28N4O3/c1-28-23(18-22(27-28)26(32)30-12-6-11-29(13-14-30)15-16-31)20-8-3-4-9-21(20)25-17-19-7-2-5-10-24(19)33-25/h2-5,7-10,17-18,31H,6,11-16H2,1H3. The Morgan fingerprint density at radius 1 is 1.00 bits per heavy atom. The van der Waals surface area contributed by atoms with Crippen LogP contribution in [0.1, 0.15) is 16.9 Å². The molecule has 2 aromatic carbocycles. The fraction of sp³-hybridized carbons (Fsp3) is 0.308. The number of β-amino-alcohol motifs (C(OH)–C–C–N with tert-alkyl or cyclic N) is 1. The van der Waals surface area contributed by atoms with Crippen LogP contribution in [-0.4, -0.2) is 69.9 Å². The van der Waals surface area contributed by atoms with Gasteiger partial charge in [-0.25, -0.2) is 0 Å². The molecule has 0 saturated carbocycles. The van der Waals surface area contributed by atoms with Crippen LogP contribution in [-0.2, 0) is 7.05 Å². The second-order valence-electron chi connectivity index (χ2n) is 8.44. The summed E-state index contributed by atoms with van der Waals surface area (Å²) in [4.78, 5) is 17.3. The second-order valence-corrected chi connectivity index (χ2v) is 8.44. The van der Waals surface area contributed by atoms with Crippen LogP contribution in [0.4, 0.5) is 0 Å². The predicted molar refractivity (Wildman–Crippen MR) is 128 cm³/mol. The summed E-state index contributed by atoms with van der Waals surface area (Å²) >= 11 is 0. The minimum Gasteiger partial charge on any atom is -0.456 e. The van der Waals surface area contributed by atoms with Gasteiger partial charge in [0.1, 0.15) is 11.3 Å². The van der Waals surface area contributed by atoms with Crippen LogP contribution in [0.25, 0.3) is 33.6 Å². The van der Waals surface area contributed by atoms with Crippen molar-refractivity contribution in [2.75, 3.05) is 39.3 Å². The lowest BCUT2D eigenvalue weighted by molar-refractivity contribution is 0.0754. The molecule has 0 unspecified atom stereocenters. The molecule has 3 heterocycles. The highest BCUT2D eigenvalue weighted by atomic mass is 16.3. The molecule has 0 bridgehead atoms. The topological polar surface area (TPSA) is 74.7 Å². The first-order valence-electron chi connectivity index (χ1n) is 11.4. The van der Waals surface area contributed by atoms with Crippen molar-refractivity contribution in [1.29, 1.82) is 0 Å². The molecule has 0 aliphatic carbocycles. The first-order chi connectivity index (χ1) is 16.1. The SMILES string of the molecule is Cn1nc(C(=O)N2CCCN(CCO)CC2)cc1-c1ccccc1-c1cc2ccccc2o1. The molecule has 1 fully saturated rings. The molecule has 0 atom stereocenters. The van der Waals surface area contributed by atoms with Gasteiger partial charge in [0, 0.05) is 49.7 Å². The van der Waals surface area contributed by atoms with Crippen molar-refractivity contribution >= 4 is 16.9 Å². The number of rotatable bonds is 5. The van der Waals surface area contributed by atoms with Crippen LogP contribution < -0.4 is 0 Å². The lowest BCUT2D eigenvalue weighted by Crippen LogP contribution is -2.36. The molecule has 2 aromatic heterocycles. The number of aromatic nitrogens is 2. The third-order valence-electron chi connectivity index (χ3n) is 6.28. The number of para-hydroxylation sites is 1. The van der Waals surface area contributed by atoms with Crippen molar-refractivity contribution in [2.45, 2.75) is 6.42 Å². The highest BCUT2D eigenvalue weighted by Gasteiger charge is 2.24. The maximum Gasteiger partial charge on any atom is 0.274 e. The Labute approximate surface area is 192 Å². The lowest BCUT2D eigenvalue weighted by Gasteiger charge is -2.20. The van der Waals surface area contributed by atoms with Crippen LogP contribution >= 0.6 is 0 Å². The minimum absolute atomic E-state index is 0.0519. The molecule has 1 N–H and O–H groups in total. The number of hydrogen-bond donors (Lipinski definition) is 1. The molecule has 1 amide bonds. The number of fused-ring (bicyclic) bond motifs is 1. The van der Waals surface area contributed by atoms with Crippen LogP contribution in [0.2, 0.25) is 0 Å². The van der Waals surface area contributed by atoms with Crippen LogP contribution in [0.5, 0.6) is 0 Å². The number of amides is 1. The van der Waals surface area contributed by atoms with E-state index < -0.39 is 0 Å². The van der Waals surface area contributed by atoms with Gasteiger partial charge in [-0.3, -0.25) is 14.4 Å². The fourth-order valence-electron chi connectivity index (χ4n) is 4.56. The first kappa shape index (κ1) is 21.4. The van der Waals surface area contributed by atoms with Crippen molar-refractivity contribution in [3.63, 3.8) is 0 Å². The van der Waals surface area contributed by atoms with E-state index in [-0.39, 0.29) is 12.5 Å². The van der Waals surface area contributed by atoms with E-state index in [1.54, 1.807) is 4.68 Å². The van der Waals surface area contributed by atoms with E-state index in [0.717, 1.165) is 53.1 Å². The highest BCUT2D eigenvalue weighted by Crippen LogP contribution is 2.35. The quantitative estimate of drug-likeness (QED) is 0.509. The molecule has 170 valence electrons. The summed E-state index contributed by atoms with van der Waals surface area (Å²) in [6.07, 6.45) is 0.889. The zero-order valence-electron chi connectivity index (χ0n) is 18.8. The molecule has 5 rings (SSSR count). The number of carbonyl (C=O) groups excluding carboxylic acids is 1. The number of hydrogen-bond acceptors (Lipinski definition) is 5. The van der Waals surface area contributed by atoms with E-state index in [4.69, 9.17) is 4.42 Å². The Hall–Kier alpha value is -3.42. The third kappa shape index (κ3) is 4.29. The number of carbonyl (C=O) groups is 1. The Morgan fingerprint density at radius 3 is 2.61 bits per heavy atom. The van der Waals surface area contributed by atoms with Crippen LogP contribution in [0, 0.1) is 0 Å². The number of aliphatic hydroxyl groups is 1. The van der Waals surface area contributed by atoms with Gasteiger partial charge >= 0.3 is 0 Å². The van der Waals surface area contributed by atoms with Gasteiger partial charge in [-0.05, 0) is 31.2 Å². The molecule has 7 nitrogen and oxygen atoms in total. The van der Waals surface area contributed by atoms with Crippen molar-refractivity contribution in [2.24, 2.45) is 7.05 Å². The van der Waals surface area contributed by atoms with Gasteiger partial charge in [0.25, 0.3) is 5.91 Å². The van der Waals surface area contributed by atoms with E-state index >= 15 is 0 Å². The summed E-state index contributed by atoms with van der Waals surface area (Å²) in [5.41, 5.74) is 4.09. The molecule has 0 spiro atoms. The van der Waals surface area contributed by atoms with Crippen molar-refractivity contribution < 1.29 is 14.3 Å². The van der Waals surface area contributed by atoms with Gasteiger partial charge in [0.2, 0.25) is 0 Å². The van der Waals surface area contributed by atoms with Gasteiger partial charge in [0.05, 0.1) is 12.3 Å². The summed E-state index contributed by atoms with van der Waals surface area (Å²) in [5.74, 6) is 0.737. The summed E-state index contributed by atoms with van der Waals surface area (Å²) in [7, 11) is 1.87. The Balaban J connectivity index is 1.44. The van der Waals surface area contributed by atoms with Gasteiger partial charge in [-0.2, -0.15) is 5.10 Å². The zero-order valence-corrected chi connectivity index (χ0v) is 18.8. The summed E-state index contributed by atoms with van der Waals surface area (Å²) in [5, 5.41) is 14.8. The lowest BCUT2D eigenvalue weighted by atomic mass is 10.0. The monoisotopic (exact) mass is 444 g/mol. The summed E-state index contributed by atoms with van der Waals surface area (Å²) in [6.45, 7) is 3.78. The van der Waals surface area contributed by atoms with E-state index in [2.05, 4.69) is 10.00 Å². The Kier molecular flexibility index (Phi) is 5.98. The average molecular weight is 445 g/mol. The first-order valence-corrected chi connectivity index (χ1v) is 11.4. The van der Waals surface area contributed by atoms with Crippen LogP contribution in [0.15, 0.2) is 65.1 Å². The molecule has 1 aliphatic heterocycles. The van der Waals surface area contributed by atoms with Gasteiger partial charge < -0.3 is 14.4 Å². The van der Waals surface area contributed by atoms with Crippen molar-refractivity contribution in [1.82, 2.24) is 19.6 Å². The van der Waals surface area contributed by atoms with Crippen molar-refractivity contribution in [3.8, 4) is 22.6 Å². The fourth-order valence-corrected chi connectivity index (χ4v) is 4.56. The molecule has 1 saturated heterocycles. The summed E-state index contributed by atoms with van der Waals surface area (Å²) in [6, 6.07) is 19.9. The maximum atomic E-state index is 13.2. The van der Waals surface area contributed by atoms with Gasteiger partial charge in [-0.1, -0.05) is 42.5 Å². The number of furan rings is 1. The second kappa shape index (κ2) is 9.21. The Morgan fingerprint density at radius 2 is 1.79 bits per heavy atom. The highest BCUT2D eigenvalue weighted by molar-refractivity contribution is 5.94. The van der Waals surface area contributed by atoms with Gasteiger partial charge in [0.15, 0.2) is 5.69 Å². The molecule has 1 aliphatic rings. The van der Waals surface area contributed by atoms with Crippen LogP contribution in [0.3, 0.4) is 0 Å². The largest absolute Gasteiger partial charge is 0.456 e.